The minimum Gasteiger partial charge on any atom is -0.172 e. The number of thiol groups is 1. The van der Waals surface area contributed by atoms with Gasteiger partial charge in [0, 0.05) is 5.25 Å². The van der Waals surface area contributed by atoms with Gasteiger partial charge in [0.1, 0.15) is 0 Å². The summed E-state index contributed by atoms with van der Waals surface area (Å²) in [5.41, 5.74) is 1.27. The molecule has 0 heterocycles. The highest BCUT2D eigenvalue weighted by atomic mass is 32.1. The van der Waals surface area contributed by atoms with Crippen LogP contribution in [0, 0.1) is 29.6 Å². The third kappa shape index (κ3) is 34.0. The van der Waals surface area contributed by atoms with Gasteiger partial charge < -0.3 is 0 Å². The summed E-state index contributed by atoms with van der Waals surface area (Å²) in [4.78, 5) is 0. The van der Waals surface area contributed by atoms with Crippen molar-refractivity contribution in [1.82, 2.24) is 0 Å². The molecule has 2 unspecified atom stereocenters. The average Bonchev–Trinajstić information content (AvgIpc) is 2.55. The molecule has 168 valence electrons. The van der Waals surface area contributed by atoms with Crippen LogP contribution in [0.15, 0.2) is 12.2 Å². The zero-order valence-electron chi connectivity index (χ0n) is 21.7. The van der Waals surface area contributed by atoms with Crippen molar-refractivity contribution < 1.29 is 0 Å². The second-order valence-corrected chi connectivity index (χ2v) is 10.0. The van der Waals surface area contributed by atoms with Crippen molar-refractivity contribution in [2.24, 2.45) is 29.6 Å². The lowest BCUT2D eigenvalue weighted by atomic mass is 9.82. The molecule has 0 N–H and O–H groups in total. The van der Waals surface area contributed by atoms with Crippen LogP contribution in [0.4, 0.5) is 0 Å². The Morgan fingerprint density at radius 2 is 1.22 bits per heavy atom. The Kier molecular flexibility index (Phi) is 30.9. The summed E-state index contributed by atoms with van der Waals surface area (Å²) < 4.78 is 0. The number of hydrogen-bond donors (Lipinski definition) is 1. The highest BCUT2D eigenvalue weighted by Gasteiger charge is 2.17. The Balaban J connectivity index is -0.000000161. The van der Waals surface area contributed by atoms with Gasteiger partial charge in [-0.2, -0.15) is 12.6 Å². The smallest absolute Gasteiger partial charge is 0.0195 e. The summed E-state index contributed by atoms with van der Waals surface area (Å²) in [5, 5.41) is 0.335. The van der Waals surface area contributed by atoms with E-state index < -0.39 is 0 Å². The van der Waals surface area contributed by atoms with Gasteiger partial charge in [-0.05, 0) is 42.9 Å². The summed E-state index contributed by atoms with van der Waals surface area (Å²) in [7, 11) is 0. The normalized spacial score (nSPS) is 13.5. The van der Waals surface area contributed by atoms with Crippen LogP contribution in [0.1, 0.15) is 122 Å². The van der Waals surface area contributed by atoms with E-state index in [2.05, 4.69) is 95.4 Å². The van der Waals surface area contributed by atoms with Gasteiger partial charge in [-0.25, -0.2) is 0 Å². The lowest BCUT2D eigenvalue weighted by Gasteiger charge is -2.25. The van der Waals surface area contributed by atoms with E-state index in [9.17, 15) is 0 Å². The Morgan fingerprint density at radius 3 is 1.48 bits per heavy atom. The van der Waals surface area contributed by atoms with Crippen LogP contribution in [0.5, 0.6) is 0 Å². The van der Waals surface area contributed by atoms with Crippen molar-refractivity contribution in [3.8, 4) is 0 Å². The predicted molar refractivity (Wildman–Crippen MR) is 136 cm³/mol. The fourth-order valence-electron chi connectivity index (χ4n) is 2.23. The number of rotatable bonds is 9. The molecule has 0 saturated carbocycles. The van der Waals surface area contributed by atoms with Gasteiger partial charge >= 0.3 is 0 Å². The maximum atomic E-state index is 4.39. The van der Waals surface area contributed by atoms with Gasteiger partial charge in [-0.3, -0.25) is 0 Å². The Labute approximate surface area is 181 Å². The molecule has 0 aliphatic rings. The Hall–Kier alpha value is 0.0900. The molecular formula is C26H58S. The van der Waals surface area contributed by atoms with Crippen LogP contribution in [0.25, 0.3) is 0 Å². The molecule has 0 bridgehead atoms. The first-order valence-electron chi connectivity index (χ1n) is 11.7. The highest BCUT2D eigenvalue weighted by molar-refractivity contribution is 7.81. The molecule has 0 amide bonds. The monoisotopic (exact) mass is 402 g/mol. The fraction of sp³-hybridized carbons (Fsp3) is 0.923. The van der Waals surface area contributed by atoms with E-state index in [1.165, 1.54) is 31.3 Å². The van der Waals surface area contributed by atoms with E-state index in [-0.39, 0.29) is 0 Å². The molecule has 0 aromatic carbocycles. The molecule has 0 saturated heterocycles. The van der Waals surface area contributed by atoms with Gasteiger partial charge in [0.25, 0.3) is 0 Å². The van der Waals surface area contributed by atoms with E-state index in [0.29, 0.717) is 5.25 Å². The van der Waals surface area contributed by atoms with E-state index in [1.54, 1.807) is 0 Å². The predicted octanol–water partition coefficient (Wildman–Crippen LogP) is 10.1. The molecule has 0 spiro atoms. The zero-order chi connectivity index (χ0) is 22.6. The number of hydrogen-bond acceptors (Lipinski definition) is 1. The first kappa shape index (κ1) is 34.6. The van der Waals surface area contributed by atoms with E-state index in [1.807, 2.05) is 13.8 Å². The first-order valence-corrected chi connectivity index (χ1v) is 12.2. The minimum atomic E-state index is 0.335. The molecule has 0 rings (SSSR count). The topological polar surface area (TPSA) is 0 Å². The van der Waals surface area contributed by atoms with Crippen molar-refractivity contribution in [3.63, 3.8) is 0 Å². The molecule has 0 nitrogen and oxygen atoms in total. The van der Waals surface area contributed by atoms with Gasteiger partial charge in [-0.1, -0.05) is 121 Å². The first-order chi connectivity index (χ1) is 12.4. The highest BCUT2D eigenvalue weighted by Crippen LogP contribution is 2.27. The SMILES string of the molecule is C=C(CC(C)[C@H](C)C(C)C)C(C)S.CC.CC(C)C.CCCCCC(C)C. The quantitative estimate of drug-likeness (QED) is 0.221. The standard InChI is InChI=1S/C12H24S.C8H18.C4H10.C2H6/c1-8(2)11(5)9(3)7-10(4)12(6)13;1-4-5-6-7-8(2)3;1-4(2)3;1-2/h8-9,11-13H,4,7H2,1-3,5-6H3;8H,4-7H2,1-3H3;4H,1-3H3;1-2H3/t9?,11-,12?;;;/m1.../s1. The van der Waals surface area contributed by atoms with Crippen LogP contribution in [-0.2, 0) is 0 Å². The third-order valence-corrected chi connectivity index (χ3v) is 4.87. The lowest BCUT2D eigenvalue weighted by molar-refractivity contribution is 0.294. The fourth-order valence-corrected chi connectivity index (χ4v) is 2.34. The van der Waals surface area contributed by atoms with Crippen LogP contribution in [-0.4, -0.2) is 5.25 Å². The Morgan fingerprint density at radius 1 is 0.815 bits per heavy atom. The number of unbranched alkanes of at least 4 members (excludes halogenated alkanes) is 2. The second kappa shape index (κ2) is 24.1. The molecule has 1 heteroatoms. The minimum absolute atomic E-state index is 0.335. The van der Waals surface area contributed by atoms with Crippen molar-refractivity contribution in [2.75, 3.05) is 0 Å². The van der Waals surface area contributed by atoms with Crippen molar-refractivity contribution in [3.05, 3.63) is 12.2 Å². The van der Waals surface area contributed by atoms with Gasteiger partial charge in [0.05, 0.1) is 0 Å². The van der Waals surface area contributed by atoms with E-state index in [4.69, 9.17) is 0 Å². The summed E-state index contributed by atoms with van der Waals surface area (Å²) in [6.07, 6.45) is 6.72. The largest absolute Gasteiger partial charge is 0.172 e. The summed E-state index contributed by atoms with van der Waals surface area (Å²) in [5.74, 6) is 3.99. The third-order valence-electron chi connectivity index (χ3n) is 4.51. The maximum Gasteiger partial charge on any atom is 0.0195 e. The average molecular weight is 403 g/mol. The lowest BCUT2D eigenvalue weighted by Crippen LogP contribution is -2.16. The van der Waals surface area contributed by atoms with Crippen LogP contribution in [0.3, 0.4) is 0 Å². The van der Waals surface area contributed by atoms with E-state index >= 15 is 0 Å². The van der Waals surface area contributed by atoms with Crippen LogP contribution >= 0.6 is 12.6 Å². The van der Waals surface area contributed by atoms with E-state index in [0.717, 1.165) is 36.0 Å². The summed E-state index contributed by atoms with van der Waals surface area (Å²) in [6.45, 7) is 32.7. The second-order valence-electron chi connectivity index (χ2n) is 9.24. The molecule has 27 heavy (non-hydrogen) atoms. The van der Waals surface area contributed by atoms with Crippen molar-refractivity contribution in [1.29, 1.82) is 0 Å². The summed E-state index contributed by atoms with van der Waals surface area (Å²) >= 11 is 4.39. The molecular weight excluding hydrogens is 344 g/mol. The molecule has 0 aromatic rings. The van der Waals surface area contributed by atoms with Crippen molar-refractivity contribution in [2.45, 2.75) is 127 Å². The van der Waals surface area contributed by atoms with Crippen LogP contribution < -0.4 is 0 Å². The summed E-state index contributed by atoms with van der Waals surface area (Å²) in [6, 6.07) is 0. The Bertz CT molecular complexity index is 273. The van der Waals surface area contributed by atoms with Gasteiger partial charge in [0.2, 0.25) is 0 Å². The zero-order valence-corrected chi connectivity index (χ0v) is 22.5. The molecule has 0 radical (unpaired) electrons. The molecule has 0 aromatic heterocycles. The molecule has 0 fully saturated rings. The van der Waals surface area contributed by atoms with Crippen molar-refractivity contribution >= 4 is 12.6 Å². The van der Waals surface area contributed by atoms with Crippen LogP contribution in [0.2, 0.25) is 0 Å². The molecule has 0 aliphatic heterocycles. The maximum absolute atomic E-state index is 4.39. The molecule has 3 atom stereocenters. The van der Waals surface area contributed by atoms with Gasteiger partial charge in [-0.15, -0.1) is 0 Å². The molecule has 0 aliphatic carbocycles. The van der Waals surface area contributed by atoms with Gasteiger partial charge in [0.15, 0.2) is 0 Å².